The number of rotatable bonds is 6. The van der Waals surface area contributed by atoms with Crippen LogP contribution in [0.3, 0.4) is 0 Å². The predicted octanol–water partition coefficient (Wildman–Crippen LogP) is -0.0643. The highest BCUT2D eigenvalue weighted by Crippen LogP contribution is 2.29. The first-order chi connectivity index (χ1) is 15.5. The Morgan fingerprint density at radius 1 is 1.38 bits per heavy atom. The van der Waals surface area contributed by atoms with Gasteiger partial charge in [-0.25, -0.2) is 14.4 Å². The molecule has 0 spiro atoms. The zero-order valence-corrected chi connectivity index (χ0v) is 17.2. The van der Waals surface area contributed by atoms with Crippen LogP contribution in [0.25, 0.3) is 0 Å². The number of amides is 1. The highest BCUT2D eigenvalue weighted by Gasteiger charge is 2.35. The third-order valence-electron chi connectivity index (χ3n) is 5.91. The Bertz CT molecular complexity index is 1020. The molecule has 0 saturated carbocycles. The van der Waals surface area contributed by atoms with Gasteiger partial charge in [-0.05, 0) is 30.0 Å². The van der Waals surface area contributed by atoms with Gasteiger partial charge in [0.15, 0.2) is 18.2 Å². The van der Waals surface area contributed by atoms with E-state index in [2.05, 4.69) is 20.6 Å². The Kier molecular flexibility index (Phi) is 5.64. The number of fused-ring (bicyclic) bond motifs is 2. The van der Waals surface area contributed by atoms with Gasteiger partial charge in [-0.2, -0.15) is 0 Å². The minimum absolute atomic E-state index is 0.0753. The van der Waals surface area contributed by atoms with Gasteiger partial charge < -0.3 is 35.2 Å². The van der Waals surface area contributed by atoms with Crippen molar-refractivity contribution in [3.63, 3.8) is 0 Å². The Balaban J connectivity index is 1.13. The van der Waals surface area contributed by atoms with Gasteiger partial charge in [0.25, 0.3) is 11.8 Å². The molecule has 4 N–H and O–H groups in total. The van der Waals surface area contributed by atoms with E-state index in [0.29, 0.717) is 31.7 Å². The van der Waals surface area contributed by atoms with Crippen molar-refractivity contribution < 1.29 is 28.9 Å². The average Bonchev–Trinajstić information content (AvgIpc) is 3.35. The molecule has 0 bridgehead atoms. The SMILES string of the molecule is O=C1COc2ncc(N3CC(CC(O)CNC4Cc5cccc(F)c5C4)OC3O)nc2N1. The number of ether oxygens (including phenoxy) is 2. The van der Waals surface area contributed by atoms with Crippen molar-refractivity contribution in [2.24, 2.45) is 0 Å². The van der Waals surface area contributed by atoms with Crippen LogP contribution in [0.5, 0.6) is 5.88 Å². The van der Waals surface area contributed by atoms with E-state index in [4.69, 9.17) is 9.47 Å². The van der Waals surface area contributed by atoms with Crippen molar-refractivity contribution in [3.05, 3.63) is 41.3 Å². The molecule has 3 heterocycles. The first-order valence-corrected chi connectivity index (χ1v) is 10.5. The van der Waals surface area contributed by atoms with Gasteiger partial charge >= 0.3 is 0 Å². The van der Waals surface area contributed by atoms with E-state index in [1.165, 1.54) is 17.2 Å². The van der Waals surface area contributed by atoms with E-state index in [0.717, 1.165) is 17.5 Å². The number of hydrogen-bond donors (Lipinski definition) is 4. The molecule has 11 heteroatoms. The van der Waals surface area contributed by atoms with Crippen LogP contribution < -0.4 is 20.3 Å². The number of carbonyl (C=O) groups is 1. The smallest absolute Gasteiger partial charge is 0.263 e. The average molecular weight is 445 g/mol. The lowest BCUT2D eigenvalue weighted by Gasteiger charge is -2.22. The highest BCUT2D eigenvalue weighted by molar-refractivity contribution is 5.93. The van der Waals surface area contributed by atoms with Crippen molar-refractivity contribution in [2.45, 2.75) is 43.9 Å². The van der Waals surface area contributed by atoms with Gasteiger partial charge in [-0.15, -0.1) is 0 Å². The third kappa shape index (κ3) is 4.24. The van der Waals surface area contributed by atoms with Crippen LogP contribution in [0.4, 0.5) is 16.0 Å². The number of halogens is 1. The Morgan fingerprint density at radius 2 is 2.25 bits per heavy atom. The lowest BCUT2D eigenvalue weighted by Crippen LogP contribution is -2.38. The second kappa shape index (κ2) is 8.58. The van der Waals surface area contributed by atoms with E-state index in [9.17, 15) is 19.4 Å². The van der Waals surface area contributed by atoms with E-state index in [-0.39, 0.29) is 36.1 Å². The molecule has 10 nitrogen and oxygen atoms in total. The number of aliphatic hydroxyl groups excluding tert-OH is 2. The molecule has 2 aromatic rings. The molecule has 170 valence electrons. The van der Waals surface area contributed by atoms with Crippen LogP contribution >= 0.6 is 0 Å². The van der Waals surface area contributed by atoms with Crippen molar-refractivity contribution in [1.29, 1.82) is 0 Å². The van der Waals surface area contributed by atoms with Gasteiger partial charge in [0, 0.05) is 19.0 Å². The number of carbonyl (C=O) groups excluding carboxylic acids is 1. The van der Waals surface area contributed by atoms with E-state index < -0.39 is 18.6 Å². The molecule has 1 saturated heterocycles. The van der Waals surface area contributed by atoms with Crippen LogP contribution in [-0.4, -0.2) is 70.4 Å². The number of nitrogens with one attached hydrogen (secondary N) is 2. The molecule has 3 aliphatic rings. The van der Waals surface area contributed by atoms with Crippen LogP contribution in [0.2, 0.25) is 0 Å². The summed E-state index contributed by atoms with van der Waals surface area (Å²) in [5.74, 6) is 0.214. The van der Waals surface area contributed by atoms with Crippen molar-refractivity contribution >= 4 is 17.5 Å². The summed E-state index contributed by atoms with van der Waals surface area (Å²) < 4.78 is 24.7. The Hall–Kier alpha value is -2.86. The first-order valence-electron chi connectivity index (χ1n) is 10.5. The lowest BCUT2D eigenvalue weighted by molar-refractivity contribution is -0.118. The standard InChI is InChI=1S/C21H24FN5O5/c22-16-3-1-2-11-4-12(5-15(11)16)23-7-13(28)6-14-9-27(21(30)32-14)17-8-24-20-19(25-17)26-18(29)10-31-20/h1-3,8,12-14,21,23,28,30H,4-7,9-10H2,(H,25,26,29). The zero-order chi connectivity index (χ0) is 22.2. The molecule has 1 fully saturated rings. The van der Waals surface area contributed by atoms with Crippen molar-refractivity contribution in [1.82, 2.24) is 15.3 Å². The maximum absolute atomic E-state index is 13.9. The largest absolute Gasteiger partial charge is 0.465 e. The molecule has 4 atom stereocenters. The predicted molar refractivity (Wildman–Crippen MR) is 111 cm³/mol. The summed E-state index contributed by atoms with van der Waals surface area (Å²) in [5, 5.41) is 26.6. The minimum atomic E-state index is -1.25. The molecule has 32 heavy (non-hydrogen) atoms. The summed E-state index contributed by atoms with van der Waals surface area (Å²) in [6, 6.07) is 5.19. The maximum Gasteiger partial charge on any atom is 0.263 e. The number of aromatic nitrogens is 2. The molecule has 5 rings (SSSR count). The second-order valence-corrected chi connectivity index (χ2v) is 8.24. The van der Waals surface area contributed by atoms with Gasteiger partial charge in [0.1, 0.15) is 5.82 Å². The summed E-state index contributed by atoms with van der Waals surface area (Å²) in [4.78, 5) is 21.4. The first kappa shape index (κ1) is 21.0. The lowest BCUT2D eigenvalue weighted by atomic mass is 10.1. The minimum Gasteiger partial charge on any atom is -0.465 e. The summed E-state index contributed by atoms with van der Waals surface area (Å²) in [6.07, 6.45) is 0.668. The van der Waals surface area contributed by atoms with Gasteiger partial charge in [0.05, 0.1) is 24.9 Å². The number of aliphatic hydroxyl groups is 2. The van der Waals surface area contributed by atoms with E-state index >= 15 is 0 Å². The fourth-order valence-electron chi connectivity index (χ4n) is 4.37. The number of benzene rings is 1. The highest BCUT2D eigenvalue weighted by atomic mass is 19.1. The van der Waals surface area contributed by atoms with Gasteiger partial charge in [0.2, 0.25) is 6.41 Å². The summed E-state index contributed by atoms with van der Waals surface area (Å²) in [6.45, 7) is 0.505. The second-order valence-electron chi connectivity index (χ2n) is 8.24. The molecule has 1 amide bonds. The molecule has 2 aliphatic heterocycles. The zero-order valence-electron chi connectivity index (χ0n) is 17.2. The summed E-state index contributed by atoms with van der Waals surface area (Å²) >= 11 is 0. The number of hydrogen-bond acceptors (Lipinski definition) is 9. The van der Waals surface area contributed by atoms with Crippen LogP contribution in [0, 0.1) is 5.82 Å². The Morgan fingerprint density at radius 3 is 3.09 bits per heavy atom. The molecule has 1 aliphatic carbocycles. The molecule has 0 radical (unpaired) electrons. The molecular formula is C21H24FN5O5. The monoisotopic (exact) mass is 445 g/mol. The molecule has 1 aromatic carbocycles. The number of anilines is 2. The van der Waals surface area contributed by atoms with Crippen LogP contribution in [-0.2, 0) is 22.4 Å². The fourth-order valence-corrected chi connectivity index (χ4v) is 4.37. The summed E-state index contributed by atoms with van der Waals surface area (Å²) in [7, 11) is 0. The van der Waals surface area contributed by atoms with Gasteiger partial charge in [-0.3, -0.25) is 4.79 Å². The third-order valence-corrected chi connectivity index (χ3v) is 5.91. The normalized spacial score (nSPS) is 25.2. The quantitative estimate of drug-likeness (QED) is 0.483. The van der Waals surface area contributed by atoms with E-state index in [1.54, 1.807) is 6.07 Å². The molecule has 4 unspecified atom stereocenters. The van der Waals surface area contributed by atoms with Crippen molar-refractivity contribution in [2.75, 3.05) is 29.9 Å². The molecule has 1 aromatic heterocycles. The van der Waals surface area contributed by atoms with Crippen LogP contribution in [0.15, 0.2) is 24.4 Å². The topological polar surface area (TPSA) is 129 Å². The maximum atomic E-state index is 13.9. The van der Waals surface area contributed by atoms with E-state index in [1.807, 2.05) is 6.07 Å². The molecular weight excluding hydrogens is 421 g/mol. The van der Waals surface area contributed by atoms with Gasteiger partial charge in [-0.1, -0.05) is 12.1 Å². The number of nitrogens with zero attached hydrogens (tertiary/aromatic N) is 3. The fraction of sp³-hybridized carbons (Fsp3) is 0.476. The van der Waals surface area contributed by atoms with Crippen LogP contribution in [0.1, 0.15) is 17.5 Å². The van der Waals surface area contributed by atoms with Crippen molar-refractivity contribution in [3.8, 4) is 5.88 Å². The summed E-state index contributed by atoms with van der Waals surface area (Å²) in [5.41, 5.74) is 1.74. The Labute approximate surface area is 183 Å².